The second-order valence-electron chi connectivity index (χ2n) is 9.43. The summed E-state index contributed by atoms with van der Waals surface area (Å²) in [6.45, 7) is 18.7. The molecule has 2 aromatic carbocycles. The molecule has 0 fully saturated rings. The van der Waals surface area contributed by atoms with E-state index in [0.29, 0.717) is 23.7 Å². The second-order valence-corrected chi connectivity index (χ2v) is 9.43. The van der Waals surface area contributed by atoms with E-state index in [2.05, 4.69) is 79.7 Å². The number of rotatable bonds is 4. The van der Waals surface area contributed by atoms with Crippen molar-refractivity contribution in [3.05, 3.63) is 68.8 Å². The second kappa shape index (κ2) is 7.22. The number of hydrogen-bond donors (Lipinski definition) is 0. The van der Waals surface area contributed by atoms with Crippen LogP contribution in [0.3, 0.4) is 0 Å². The lowest BCUT2D eigenvalue weighted by molar-refractivity contribution is 0.762. The topological polar surface area (TPSA) is 0 Å². The molecule has 0 aromatic heterocycles. The fraction of sp³-hybridized carbons (Fsp3) is 0.538. The van der Waals surface area contributed by atoms with Crippen molar-refractivity contribution in [2.45, 2.75) is 91.9 Å². The first-order valence-corrected chi connectivity index (χ1v) is 10.5. The van der Waals surface area contributed by atoms with Crippen LogP contribution in [-0.4, -0.2) is 0 Å². The zero-order valence-corrected chi connectivity index (χ0v) is 18.0. The van der Waals surface area contributed by atoms with Crippen LogP contribution in [-0.2, 0) is 12.8 Å². The lowest BCUT2D eigenvalue weighted by atomic mass is 9.75. The lowest BCUT2D eigenvalue weighted by Gasteiger charge is -2.29. The van der Waals surface area contributed by atoms with Gasteiger partial charge in [-0.1, -0.05) is 79.7 Å². The molecule has 0 spiro atoms. The first kappa shape index (κ1) is 19.2. The van der Waals surface area contributed by atoms with E-state index in [-0.39, 0.29) is 0 Å². The summed E-state index contributed by atoms with van der Waals surface area (Å²) in [5.41, 5.74) is 12.5. The van der Waals surface area contributed by atoms with Crippen molar-refractivity contribution >= 4 is 0 Å². The average Bonchev–Trinajstić information content (AvgIpc) is 2.57. The first-order chi connectivity index (χ1) is 12.2. The normalized spacial score (nSPS) is 13.7. The average molecular weight is 349 g/mol. The molecule has 1 aliphatic rings. The van der Waals surface area contributed by atoms with E-state index < -0.39 is 0 Å². The van der Waals surface area contributed by atoms with E-state index >= 15 is 0 Å². The Morgan fingerprint density at radius 2 is 1.04 bits per heavy atom. The first-order valence-electron chi connectivity index (χ1n) is 10.5. The van der Waals surface area contributed by atoms with Crippen LogP contribution in [0.2, 0.25) is 0 Å². The van der Waals surface area contributed by atoms with E-state index in [1.165, 1.54) is 0 Å². The third-order valence-electron chi connectivity index (χ3n) is 6.08. The molecule has 0 saturated carbocycles. The summed E-state index contributed by atoms with van der Waals surface area (Å²) in [5, 5.41) is 0. The van der Waals surface area contributed by atoms with Crippen molar-refractivity contribution in [3.8, 4) is 0 Å². The largest absolute Gasteiger partial charge is 0.0587 e. The monoisotopic (exact) mass is 348 g/mol. The molecule has 140 valence electrons. The van der Waals surface area contributed by atoms with Crippen LogP contribution < -0.4 is 0 Å². The molecule has 0 heteroatoms. The van der Waals surface area contributed by atoms with Crippen molar-refractivity contribution < 1.29 is 0 Å². The number of fused-ring (bicyclic) bond motifs is 2. The zero-order chi connectivity index (χ0) is 19.2. The van der Waals surface area contributed by atoms with Crippen LogP contribution in [0.5, 0.6) is 0 Å². The number of hydrogen-bond acceptors (Lipinski definition) is 0. The van der Waals surface area contributed by atoms with Crippen molar-refractivity contribution in [1.82, 2.24) is 0 Å². The van der Waals surface area contributed by atoms with Gasteiger partial charge in [-0.25, -0.2) is 0 Å². The highest BCUT2D eigenvalue weighted by Crippen LogP contribution is 2.39. The molecule has 0 nitrogen and oxygen atoms in total. The molecular weight excluding hydrogens is 312 g/mol. The maximum atomic E-state index is 2.53. The van der Waals surface area contributed by atoms with Crippen molar-refractivity contribution in [3.63, 3.8) is 0 Å². The SMILES string of the molecule is CC(C)c1cc2c(cc1C(C)C)Cc1c(ccc(C(C)C)c1C(C)C)C2. The molecule has 0 heterocycles. The molecule has 0 N–H and O–H groups in total. The van der Waals surface area contributed by atoms with E-state index in [0.717, 1.165) is 12.8 Å². The van der Waals surface area contributed by atoms with Crippen molar-refractivity contribution in [1.29, 1.82) is 0 Å². The Balaban J connectivity index is 2.15. The van der Waals surface area contributed by atoms with Crippen LogP contribution in [0, 0.1) is 0 Å². The smallest absolute Gasteiger partial charge is 0.00170 e. The van der Waals surface area contributed by atoms with Gasteiger partial charge in [0.15, 0.2) is 0 Å². The molecule has 3 rings (SSSR count). The fourth-order valence-electron chi connectivity index (χ4n) is 4.74. The summed E-state index contributed by atoms with van der Waals surface area (Å²) in [7, 11) is 0. The van der Waals surface area contributed by atoms with Gasteiger partial charge in [0, 0.05) is 0 Å². The van der Waals surface area contributed by atoms with Gasteiger partial charge in [-0.3, -0.25) is 0 Å². The van der Waals surface area contributed by atoms with Gasteiger partial charge in [0.25, 0.3) is 0 Å². The molecule has 0 aliphatic heterocycles. The Hall–Kier alpha value is -1.56. The Morgan fingerprint density at radius 1 is 0.538 bits per heavy atom. The zero-order valence-electron chi connectivity index (χ0n) is 18.0. The standard InChI is InChI=1S/C26H36/c1-15(2)22-10-9-19-11-20-12-23(16(3)4)24(17(5)6)13-21(20)14-25(19)26(22)18(7)8/h9-10,12-13,15-18H,11,14H2,1-8H3. The molecule has 0 saturated heterocycles. The van der Waals surface area contributed by atoms with Gasteiger partial charge in [0.1, 0.15) is 0 Å². The Labute approximate surface area is 161 Å². The molecule has 0 bridgehead atoms. The minimum absolute atomic E-state index is 0.586. The van der Waals surface area contributed by atoms with E-state index in [1.54, 1.807) is 44.5 Å². The molecule has 2 aromatic rings. The molecule has 1 aliphatic carbocycles. The van der Waals surface area contributed by atoms with Gasteiger partial charge in [-0.15, -0.1) is 0 Å². The minimum atomic E-state index is 0.586. The summed E-state index contributed by atoms with van der Waals surface area (Å²) in [6.07, 6.45) is 2.21. The number of benzene rings is 2. The van der Waals surface area contributed by atoms with Gasteiger partial charge in [0.2, 0.25) is 0 Å². The van der Waals surface area contributed by atoms with Gasteiger partial charge in [0.05, 0.1) is 0 Å². The van der Waals surface area contributed by atoms with Crippen LogP contribution in [0.25, 0.3) is 0 Å². The van der Waals surface area contributed by atoms with Gasteiger partial charge in [-0.2, -0.15) is 0 Å². The Kier molecular flexibility index (Phi) is 5.33. The Morgan fingerprint density at radius 3 is 1.50 bits per heavy atom. The highest BCUT2D eigenvalue weighted by molar-refractivity contribution is 5.55. The van der Waals surface area contributed by atoms with Crippen molar-refractivity contribution in [2.75, 3.05) is 0 Å². The van der Waals surface area contributed by atoms with E-state index in [1.807, 2.05) is 0 Å². The van der Waals surface area contributed by atoms with Gasteiger partial charge < -0.3 is 0 Å². The summed E-state index contributed by atoms with van der Waals surface area (Å²) in [4.78, 5) is 0. The molecule has 0 unspecified atom stereocenters. The van der Waals surface area contributed by atoms with Crippen LogP contribution >= 0.6 is 0 Å². The summed E-state index contributed by atoms with van der Waals surface area (Å²) in [5.74, 6) is 2.36. The third kappa shape index (κ3) is 3.36. The molecule has 0 amide bonds. The van der Waals surface area contributed by atoms with E-state index in [4.69, 9.17) is 0 Å². The van der Waals surface area contributed by atoms with Crippen LogP contribution in [0.15, 0.2) is 24.3 Å². The predicted molar refractivity (Wildman–Crippen MR) is 115 cm³/mol. The molecule has 0 radical (unpaired) electrons. The third-order valence-corrected chi connectivity index (χ3v) is 6.08. The maximum absolute atomic E-state index is 2.53. The summed E-state index contributed by atoms with van der Waals surface area (Å²) < 4.78 is 0. The molecular formula is C26H36. The minimum Gasteiger partial charge on any atom is -0.0587 e. The summed E-state index contributed by atoms with van der Waals surface area (Å²) in [6, 6.07) is 9.86. The van der Waals surface area contributed by atoms with Gasteiger partial charge >= 0.3 is 0 Å². The molecule has 0 atom stereocenters. The highest BCUT2D eigenvalue weighted by Gasteiger charge is 2.24. The van der Waals surface area contributed by atoms with E-state index in [9.17, 15) is 0 Å². The van der Waals surface area contributed by atoms with Crippen molar-refractivity contribution in [2.24, 2.45) is 0 Å². The molecule has 26 heavy (non-hydrogen) atoms. The predicted octanol–water partition coefficient (Wildman–Crippen LogP) is 7.68. The van der Waals surface area contributed by atoms with Gasteiger partial charge in [-0.05, 0) is 81.0 Å². The lowest BCUT2D eigenvalue weighted by Crippen LogP contribution is -2.15. The summed E-state index contributed by atoms with van der Waals surface area (Å²) >= 11 is 0. The highest BCUT2D eigenvalue weighted by atomic mass is 14.3. The van der Waals surface area contributed by atoms with Crippen LogP contribution in [0.1, 0.15) is 124 Å². The quantitative estimate of drug-likeness (QED) is 0.453. The maximum Gasteiger partial charge on any atom is -0.00170 e. The fourth-order valence-corrected chi connectivity index (χ4v) is 4.74. The van der Waals surface area contributed by atoms with Crippen LogP contribution in [0.4, 0.5) is 0 Å². The Bertz CT molecular complexity index is 797.